The predicted molar refractivity (Wildman–Crippen MR) is 132 cm³/mol. The predicted octanol–water partition coefficient (Wildman–Crippen LogP) is 4.86. The Morgan fingerprint density at radius 2 is 1.67 bits per heavy atom. The number of carbonyl (C=O) groups is 1. The molecule has 1 aliphatic carbocycles. The van der Waals surface area contributed by atoms with E-state index in [0.717, 1.165) is 29.5 Å². The Morgan fingerprint density at radius 3 is 2.39 bits per heavy atom. The van der Waals surface area contributed by atoms with Crippen LogP contribution in [0.25, 0.3) is 0 Å². The Bertz CT molecular complexity index is 1270. The zero-order valence-electron chi connectivity index (χ0n) is 19.3. The number of para-hydroxylation sites is 1. The summed E-state index contributed by atoms with van der Waals surface area (Å²) in [6, 6.07) is 20.0. The van der Waals surface area contributed by atoms with Gasteiger partial charge in [0.25, 0.3) is 10.0 Å². The lowest BCUT2D eigenvalue weighted by Crippen LogP contribution is -2.41. The molecule has 3 aromatic rings. The smallest absolute Gasteiger partial charge is 0.264 e. The monoisotopic (exact) mass is 462 g/mol. The van der Waals surface area contributed by atoms with Crippen molar-refractivity contribution in [1.82, 2.24) is 5.32 Å². The van der Waals surface area contributed by atoms with Crippen LogP contribution < -0.4 is 9.62 Å². The third-order valence-corrected chi connectivity index (χ3v) is 8.05. The van der Waals surface area contributed by atoms with E-state index < -0.39 is 10.0 Å². The van der Waals surface area contributed by atoms with E-state index in [0.29, 0.717) is 5.69 Å². The van der Waals surface area contributed by atoms with Crippen LogP contribution in [-0.2, 0) is 27.7 Å². The molecule has 33 heavy (non-hydrogen) atoms. The van der Waals surface area contributed by atoms with Crippen molar-refractivity contribution in [3.05, 3.63) is 94.5 Å². The van der Waals surface area contributed by atoms with Crippen LogP contribution >= 0.6 is 0 Å². The molecule has 0 spiro atoms. The minimum Gasteiger partial charge on any atom is -0.348 e. The fraction of sp³-hybridized carbons (Fsp3) is 0.296. The van der Waals surface area contributed by atoms with E-state index >= 15 is 0 Å². The van der Waals surface area contributed by atoms with Crippen LogP contribution in [0.3, 0.4) is 0 Å². The van der Waals surface area contributed by atoms with Gasteiger partial charge < -0.3 is 5.32 Å². The van der Waals surface area contributed by atoms with Gasteiger partial charge in [-0.1, -0.05) is 54.1 Å². The summed E-state index contributed by atoms with van der Waals surface area (Å²) in [4.78, 5) is 13.2. The second kappa shape index (κ2) is 9.40. The number of hydrogen-bond acceptors (Lipinski definition) is 3. The first-order valence-electron chi connectivity index (χ1n) is 11.3. The summed E-state index contributed by atoms with van der Waals surface area (Å²) in [5, 5.41) is 2.99. The van der Waals surface area contributed by atoms with E-state index in [9.17, 15) is 13.2 Å². The van der Waals surface area contributed by atoms with Crippen molar-refractivity contribution >= 4 is 21.6 Å². The first kappa shape index (κ1) is 23.1. The summed E-state index contributed by atoms with van der Waals surface area (Å²) in [6.07, 6.45) is 3.35. The summed E-state index contributed by atoms with van der Waals surface area (Å²) in [7, 11) is -3.92. The number of carbonyl (C=O) groups excluding carboxylic acids is 1. The number of hydrogen-bond donors (Lipinski definition) is 1. The molecule has 1 N–H and O–H groups in total. The molecule has 0 radical (unpaired) electrons. The number of nitrogens with one attached hydrogen (secondary N) is 1. The van der Waals surface area contributed by atoms with Crippen molar-refractivity contribution in [1.29, 1.82) is 0 Å². The molecule has 4 rings (SSSR count). The van der Waals surface area contributed by atoms with Gasteiger partial charge in [-0.2, -0.15) is 0 Å². The van der Waals surface area contributed by atoms with Crippen LogP contribution in [0, 0.1) is 13.8 Å². The standard InChI is InChI=1S/C27H30N2O3S/c1-19-11-15-25(16-12-19)33(31,32)29(26-10-5-4-7-20(26)2)18-27(30)28-21(3)23-14-13-22-8-6-9-24(22)17-23/h4-5,7,10-17,21H,6,8-9,18H2,1-3H3,(H,28,30)/t21-/m1/s1. The molecule has 1 amide bonds. The minimum absolute atomic E-state index is 0.163. The zero-order chi connectivity index (χ0) is 23.6. The van der Waals surface area contributed by atoms with Gasteiger partial charge in [0.2, 0.25) is 5.91 Å². The van der Waals surface area contributed by atoms with E-state index in [2.05, 4.69) is 23.5 Å². The maximum absolute atomic E-state index is 13.6. The average Bonchev–Trinajstić information content (AvgIpc) is 3.26. The van der Waals surface area contributed by atoms with Crippen LogP contribution in [-0.4, -0.2) is 20.9 Å². The topological polar surface area (TPSA) is 66.5 Å². The molecular weight excluding hydrogens is 432 g/mol. The molecule has 0 saturated heterocycles. The SMILES string of the molecule is Cc1ccc(S(=O)(=O)N(CC(=O)N[C@H](C)c2ccc3c(c2)CCC3)c2ccccc2C)cc1. The Hall–Kier alpha value is -3.12. The number of benzene rings is 3. The molecule has 0 saturated carbocycles. The Labute approximate surface area is 196 Å². The molecule has 3 aromatic carbocycles. The summed E-state index contributed by atoms with van der Waals surface area (Å²) in [5.74, 6) is -0.345. The Balaban J connectivity index is 1.59. The number of nitrogens with zero attached hydrogens (tertiary/aromatic N) is 1. The summed E-state index contributed by atoms with van der Waals surface area (Å²) in [5.41, 5.74) is 6.01. The van der Waals surface area contributed by atoms with Crippen molar-refractivity contribution in [3.63, 3.8) is 0 Å². The summed E-state index contributed by atoms with van der Waals surface area (Å²) >= 11 is 0. The lowest BCUT2D eigenvalue weighted by atomic mass is 10.0. The third-order valence-electron chi connectivity index (χ3n) is 6.28. The number of anilines is 1. The van der Waals surface area contributed by atoms with E-state index in [-0.39, 0.29) is 23.4 Å². The molecule has 172 valence electrons. The van der Waals surface area contributed by atoms with Crippen molar-refractivity contribution in [2.75, 3.05) is 10.8 Å². The summed E-state index contributed by atoms with van der Waals surface area (Å²) in [6.45, 7) is 5.39. The van der Waals surface area contributed by atoms with Crippen molar-refractivity contribution in [2.45, 2.75) is 51.0 Å². The number of aryl methyl sites for hydroxylation is 4. The average molecular weight is 463 g/mol. The van der Waals surface area contributed by atoms with Crippen LogP contribution in [0.4, 0.5) is 5.69 Å². The van der Waals surface area contributed by atoms with E-state index in [4.69, 9.17) is 0 Å². The van der Waals surface area contributed by atoms with Gasteiger partial charge >= 0.3 is 0 Å². The molecule has 0 fully saturated rings. The van der Waals surface area contributed by atoms with Crippen molar-refractivity contribution in [2.24, 2.45) is 0 Å². The second-order valence-corrected chi connectivity index (χ2v) is 10.6. The highest BCUT2D eigenvalue weighted by atomic mass is 32.2. The van der Waals surface area contributed by atoms with Crippen molar-refractivity contribution < 1.29 is 13.2 Å². The van der Waals surface area contributed by atoms with E-state index in [1.165, 1.54) is 21.9 Å². The van der Waals surface area contributed by atoms with Crippen molar-refractivity contribution in [3.8, 4) is 0 Å². The van der Waals surface area contributed by atoms with Gasteiger partial charge in [0.15, 0.2) is 0 Å². The van der Waals surface area contributed by atoms with Gasteiger partial charge in [0.1, 0.15) is 6.54 Å². The molecule has 0 unspecified atom stereocenters. The lowest BCUT2D eigenvalue weighted by Gasteiger charge is -2.26. The molecule has 1 aliphatic rings. The minimum atomic E-state index is -3.92. The molecule has 1 atom stereocenters. The number of amides is 1. The van der Waals surface area contributed by atoms with Crippen LogP contribution in [0.15, 0.2) is 71.6 Å². The van der Waals surface area contributed by atoms with Gasteiger partial charge in [-0.3, -0.25) is 9.10 Å². The van der Waals surface area contributed by atoms with Crippen LogP contribution in [0.2, 0.25) is 0 Å². The molecule has 5 nitrogen and oxygen atoms in total. The van der Waals surface area contributed by atoms with Gasteiger partial charge in [-0.15, -0.1) is 0 Å². The first-order chi connectivity index (χ1) is 15.8. The third kappa shape index (κ3) is 4.96. The maximum atomic E-state index is 13.6. The fourth-order valence-electron chi connectivity index (χ4n) is 4.34. The van der Waals surface area contributed by atoms with Gasteiger partial charge in [0.05, 0.1) is 16.6 Å². The summed E-state index contributed by atoms with van der Waals surface area (Å²) < 4.78 is 28.3. The quantitative estimate of drug-likeness (QED) is 0.545. The highest BCUT2D eigenvalue weighted by Gasteiger charge is 2.28. The van der Waals surface area contributed by atoms with Crippen LogP contribution in [0.1, 0.15) is 47.2 Å². The molecule has 0 aliphatic heterocycles. The highest BCUT2D eigenvalue weighted by molar-refractivity contribution is 7.92. The molecule has 0 heterocycles. The highest BCUT2D eigenvalue weighted by Crippen LogP contribution is 2.28. The number of fused-ring (bicyclic) bond motifs is 1. The number of sulfonamides is 1. The molecular formula is C27H30N2O3S. The maximum Gasteiger partial charge on any atom is 0.264 e. The first-order valence-corrected chi connectivity index (χ1v) is 12.8. The van der Waals surface area contributed by atoms with E-state index in [1.54, 1.807) is 36.4 Å². The van der Waals surface area contributed by atoms with Crippen LogP contribution in [0.5, 0.6) is 0 Å². The largest absolute Gasteiger partial charge is 0.348 e. The Kier molecular flexibility index (Phi) is 6.56. The van der Waals surface area contributed by atoms with Gasteiger partial charge in [-0.25, -0.2) is 8.42 Å². The molecule has 0 bridgehead atoms. The van der Waals surface area contributed by atoms with E-state index in [1.807, 2.05) is 32.9 Å². The zero-order valence-corrected chi connectivity index (χ0v) is 20.2. The fourth-order valence-corrected chi connectivity index (χ4v) is 5.83. The van der Waals surface area contributed by atoms with Gasteiger partial charge in [-0.05, 0) is 80.5 Å². The van der Waals surface area contributed by atoms with Gasteiger partial charge in [0, 0.05) is 0 Å². The molecule has 6 heteroatoms. The Morgan fingerprint density at radius 1 is 0.970 bits per heavy atom. The normalized spacial score (nSPS) is 13.9. The molecule has 0 aromatic heterocycles. The lowest BCUT2D eigenvalue weighted by molar-refractivity contribution is -0.120. The number of rotatable bonds is 7. The second-order valence-electron chi connectivity index (χ2n) is 8.78.